The Balaban J connectivity index is 2.02. The van der Waals surface area contributed by atoms with Gasteiger partial charge in [-0.15, -0.1) is 0 Å². The van der Waals surface area contributed by atoms with Gasteiger partial charge in [0.15, 0.2) is 0 Å². The lowest BCUT2D eigenvalue weighted by atomic mass is 10.1. The van der Waals surface area contributed by atoms with Crippen LogP contribution in [-0.2, 0) is 0 Å². The Hall–Kier alpha value is -1.55. The Morgan fingerprint density at radius 2 is 2.41 bits per heavy atom. The SMILES string of the molecule is CNCC1CCN(C(=O)c2cccc(O)c2)C1. The lowest BCUT2D eigenvalue weighted by molar-refractivity contribution is 0.0787. The zero-order chi connectivity index (χ0) is 12.3. The first-order chi connectivity index (χ1) is 8.20. The first-order valence-corrected chi connectivity index (χ1v) is 5.93. The third-order valence-electron chi connectivity index (χ3n) is 3.16. The molecule has 4 nitrogen and oxygen atoms in total. The van der Waals surface area contributed by atoms with Crippen LogP contribution in [-0.4, -0.2) is 42.6 Å². The fourth-order valence-electron chi connectivity index (χ4n) is 2.29. The summed E-state index contributed by atoms with van der Waals surface area (Å²) in [7, 11) is 1.93. The van der Waals surface area contributed by atoms with Crippen LogP contribution in [0, 0.1) is 5.92 Å². The molecule has 1 aromatic rings. The molecule has 1 atom stereocenters. The second kappa shape index (κ2) is 5.19. The number of nitrogens with one attached hydrogen (secondary N) is 1. The highest BCUT2D eigenvalue weighted by atomic mass is 16.3. The summed E-state index contributed by atoms with van der Waals surface area (Å²) in [5.74, 6) is 0.697. The van der Waals surface area contributed by atoms with Crippen LogP contribution in [0.15, 0.2) is 24.3 Å². The largest absolute Gasteiger partial charge is 0.508 e. The van der Waals surface area contributed by atoms with Crippen LogP contribution in [0.3, 0.4) is 0 Å². The number of carbonyl (C=O) groups is 1. The summed E-state index contributed by atoms with van der Waals surface area (Å²) in [5.41, 5.74) is 0.565. The van der Waals surface area contributed by atoms with E-state index in [-0.39, 0.29) is 11.7 Å². The van der Waals surface area contributed by atoms with Crippen molar-refractivity contribution in [3.05, 3.63) is 29.8 Å². The van der Waals surface area contributed by atoms with Crippen molar-refractivity contribution in [1.82, 2.24) is 10.2 Å². The summed E-state index contributed by atoms with van der Waals surface area (Å²) in [5, 5.41) is 12.5. The number of nitrogens with zero attached hydrogens (tertiary/aromatic N) is 1. The van der Waals surface area contributed by atoms with Crippen molar-refractivity contribution < 1.29 is 9.90 Å². The molecule has 1 aliphatic heterocycles. The van der Waals surface area contributed by atoms with Gasteiger partial charge in [0, 0.05) is 18.7 Å². The Kier molecular flexibility index (Phi) is 3.64. The number of likely N-dealkylation sites (tertiary alicyclic amines) is 1. The van der Waals surface area contributed by atoms with Gasteiger partial charge in [0.2, 0.25) is 0 Å². The summed E-state index contributed by atoms with van der Waals surface area (Å²) in [4.78, 5) is 14.0. The van der Waals surface area contributed by atoms with Crippen LogP contribution >= 0.6 is 0 Å². The zero-order valence-electron chi connectivity index (χ0n) is 10.0. The summed E-state index contributed by atoms with van der Waals surface area (Å²) in [6.45, 7) is 2.56. The Labute approximate surface area is 101 Å². The van der Waals surface area contributed by atoms with Gasteiger partial charge in [0.25, 0.3) is 5.91 Å². The highest BCUT2D eigenvalue weighted by molar-refractivity contribution is 5.94. The summed E-state index contributed by atoms with van der Waals surface area (Å²) >= 11 is 0. The molecule has 0 saturated carbocycles. The van der Waals surface area contributed by atoms with Crippen molar-refractivity contribution in [2.45, 2.75) is 6.42 Å². The van der Waals surface area contributed by atoms with E-state index in [0.717, 1.165) is 26.1 Å². The van der Waals surface area contributed by atoms with Gasteiger partial charge < -0.3 is 15.3 Å². The lowest BCUT2D eigenvalue weighted by Crippen LogP contribution is -2.30. The summed E-state index contributed by atoms with van der Waals surface area (Å²) < 4.78 is 0. The minimum atomic E-state index is 0.0134. The first-order valence-electron chi connectivity index (χ1n) is 5.93. The van der Waals surface area contributed by atoms with E-state index < -0.39 is 0 Å². The third-order valence-corrected chi connectivity index (χ3v) is 3.16. The molecule has 1 amide bonds. The van der Waals surface area contributed by atoms with Crippen LogP contribution in [0.2, 0.25) is 0 Å². The molecule has 17 heavy (non-hydrogen) atoms. The number of phenolic OH excluding ortho intramolecular Hbond substituents is 1. The highest BCUT2D eigenvalue weighted by Crippen LogP contribution is 2.19. The van der Waals surface area contributed by atoms with Gasteiger partial charge in [-0.2, -0.15) is 0 Å². The maximum absolute atomic E-state index is 12.1. The summed E-state index contributed by atoms with van der Waals surface area (Å²) in [6.07, 6.45) is 1.05. The second-order valence-electron chi connectivity index (χ2n) is 4.51. The molecular formula is C13H18N2O2. The van der Waals surface area contributed by atoms with Crippen molar-refractivity contribution in [2.75, 3.05) is 26.7 Å². The van der Waals surface area contributed by atoms with Gasteiger partial charge in [-0.05, 0) is 44.1 Å². The standard InChI is InChI=1S/C13H18N2O2/c1-14-8-10-5-6-15(9-10)13(17)11-3-2-4-12(16)7-11/h2-4,7,10,14,16H,5-6,8-9H2,1H3. The van der Waals surface area contributed by atoms with Crippen LogP contribution in [0.5, 0.6) is 5.75 Å². The Morgan fingerprint density at radius 3 is 3.12 bits per heavy atom. The molecule has 2 rings (SSSR count). The van der Waals surface area contributed by atoms with Crippen LogP contribution in [0.4, 0.5) is 0 Å². The number of amides is 1. The molecule has 1 aliphatic rings. The maximum Gasteiger partial charge on any atom is 0.253 e. The van der Waals surface area contributed by atoms with Crippen molar-refractivity contribution in [1.29, 1.82) is 0 Å². The first kappa shape index (κ1) is 11.9. The molecule has 0 aliphatic carbocycles. The average Bonchev–Trinajstić information content (AvgIpc) is 2.77. The van der Waals surface area contributed by atoms with E-state index in [0.29, 0.717) is 11.5 Å². The lowest BCUT2D eigenvalue weighted by Gasteiger charge is -2.16. The van der Waals surface area contributed by atoms with Gasteiger partial charge >= 0.3 is 0 Å². The third kappa shape index (κ3) is 2.77. The van der Waals surface area contributed by atoms with Crippen molar-refractivity contribution in [3.8, 4) is 5.75 Å². The van der Waals surface area contributed by atoms with Crippen LogP contribution in [0.1, 0.15) is 16.8 Å². The van der Waals surface area contributed by atoms with E-state index in [9.17, 15) is 9.90 Å². The molecule has 1 saturated heterocycles. The van der Waals surface area contributed by atoms with Gasteiger partial charge in [0.05, 0.1) is 0 Å². The molecule has 1 heterocycles. The molecule has 0 bridgehead atoms. The molecule has 0 spiro atoms. The number of carbonyl (C=O) groups excluding carboxylic acids is 1. The van der Waals surface area contributed by atoms with Crippen LogP contribution < -0.4 is 5.32 Å². The van der Waals surface area contributed by atoms with Gasteiger partial charge in [0.1, 0.15) is 5.75 Å². The smallest absolute Gasteiger partial charge is 0.253 e. The maximum atomic E-state index is 12.1. The number of benzene rings is 1. The Bertz CT molecular complexity index is 406. The summed E-state index contributed by atoms with van der Waals surface area (Å²) in [6, 6.07) is 6.54. The number of rotatable bonds is 3. The molecule has 1 unspecified atom stereocenters. The van der Waals surface area contributed by atoms with Crippen molar-refractivity contribution in [2.24, 2.45) is 5.92 Å². The molecule has 1 aromatic carbocycles. The zero-order valence-corrected chi connectivity index (χ0v) is 10.0. The topological polar surface area (TPSA) is 52.6 Å². The number of phenols is 1. The molecular weight excluding hydrogens is 216 g/mol. The monoisotopic (exact) mass is 234 g/mol. The van der Waals surface area contributed by atoms with Crippen LogP contribution in [0.25, 0.3) is 0 Å². The molecule has 0 aromatic heterocycles. The average molecular weight is 234 g/mol. The van der Waals surface area contributed by atoms with E-state index in [4.69, 9.17) is 0 Å². The molecule has 92 valence electrons. The quantitative estimate of drug-likeness (QED) is 0.822. The van der Waals surface area contributed by atoms with Gasteiger partial charge in [-0.3, -0.25) is 4.79 Å². The number of aromatic hydroxyl groups is 1. The highest BCUT2D eigenvalue weighted by Gasteiger charge is 2.26. The predicted octanol–water partition coefficient (Wildman–Crippen LogP) is 1.07. The van der Waals surface area contributed by atoms with E-state index in [1.54, 1.807) is 18.2 Å². The molecule has 4 heteroatoms. The second-order valence-corrected chi connectivity index (χ2v) is 4.51. The van der Waals surface area contributed by atoms with E-state index >= 15 is 0 Å². The van der Waals surface area contributed by atoms with Crippen molar-refractivity contribution >= 4 is 5.91 Å². The van der Waals surface area contributed by atoms with Crippen molar-refractivity contribution in [3.63, 3.8) is 0 Å². The minimum absolute atomic E-state index is 0.0134. The van der Waals surface area contributed by atoms with E-state index in [2.05, 4.69) is 5.32 Å². The fourth-order valence-corrected chi connectivity index (χ4v) is 2.29. The predicted molar refractivity (Wildman–Crippen MR) is 66.0 cm³/mol. The number of hydrogen-bond donors (Lipinski definition) is 2. The van der Waals surface area contributed by atoms with Gasteiger partial charge in [-0.25, -0.2) is 0 Å². The fraction of sp³-hybridized carbons (Fsp3) is 0.462. The minimum Gasteiger partial charge on any atom is -0.508 e. The molecule has 1 fully saturated rings. The Morgan fingerprint density at radius 1 is 1.59 bits per heavy atom. The normalized spacial score (nSPS) is 19.6. The van der Waals surface area contributed by atoms with E-state index in [1.807, 2.05) is 11.9 Å². The van der Waals surface area contributed by atoms with Gasteiger partial charge in [-0.1, -0.05) is 6.07 Å². The van der Waals surface area contributed by atoms with E-state index in [1.165, 1.54) is 6.07 Å². The number of hydrogen-bond acceptors (Lipinski definition) is 3. The molecule has 2 N–H and O–H groups in total. The molecule has 0 radical (unpaired) electrons.